The van der Waals surface area contributed by atoms with E-state index in [1.807, 2.05) is 0 Å². The highest BCUT2D eigenvalue weighted by Crippen LogP contribution is 2.30. The number of hydrogen-bond acceptors (Lipinski definition) is 4. The molecule has 0 aromatic heterocycles. The van der Waals surface area contributed by atoms with E-state index in [1.54, 1.807) is 0 Å². The quantitative estimate of drug-likeness (QED) is 0.528. The third-order valence-electron chi connectivity index (χ3n) is 2.50. The predicted molar refractivity (Wildman–Crippen MR) is 49.6 cm³/mol. The summed E-state index contributed by atoms with van der Waals surface area (Å²) in [5.41, 5.74) is -0.231. The van der Waals surface area contributed by atoms with E-state index in [-0.39, 0.29) is 17.9 Å². The van der Waals surface area contributed by atoms with Gasteiger partial charge in [0.1, 0.15) is 0 Å². The lowest BCUT2D eigenvalue weighted by Gasteiger charge is -2.41. The number of hydrogen-bond donors (Lipinski definition) is 3. The molecule has 4 N–H and O–H groups in total. The summed E-state index contributed by atoms with van der Waals surface area (Å²) in [7, 11) is -3.38. The maximum Gasteiger partial charge on any atom is 0.210 e. The monoisotopic (exact) mass is 208 g/mol. The first-order valence-corrected chi connectivity index (χ1v) is 6.05. The maximum absolute atomic E-state index is 10.6. The van der Waals surface area contributed by atoms with Gasteiger partial charge in [0, 0.05) is 12.1 Å². The van der Waals surface area contributed by atoms with Gasteiger partial charge in [0.2, 0.25) is 10.0 Å². The normalized spacial score (nSPS) is 21.1. The molecule has 6 heteroatoms. The van der Waals surface area contributed by atoms with E-state index in [0.717, 1.165) is 19.3 Å². The molecule has 1 aliphatic carbocycles. The molecule has 5 nitrogen and oxygen atoms in total. The molecule has 0 heterocycles. The first-order valence-electron chi connectivity index (χ1n) is 4.34. The van der Waals surface area contributed by atoms with Crippen molar-refractivity contribution >= 4 is 10.0 Å². The second-order valence-electron chi connectivity index (χ2n) is 3.59. The van der Waals surface area contributed by atoms with Gasteiger partial charge in [-0.1, -0.05) is 0 Å². The molecule has 1 rings (SSSR count). The van der Waals surface area contributed by atoms with Gasteiger partial charge in [-0.05, 0) is 19.3 Å². The molecular formula is C7H16N2O3S. The second-order valence-corrected chi connectivity index (χ2v) is 5.32. The Bertz CT molecular complexity index is 253. The van der Waals surface area contributed by atoms with Crippen LogP contribution in [-0.2, 0) is 10.0 Å². The number of rotatable bonds is 5. The molecule has 0 bridgehead atoms. The number of aliphatic hydroxyl groups is 1. The van der Waals surface area contributed by atoms with Crippen LogP contribution in [0.3, 0.4) is 0 Å². The number of primary sulfonamides is 1. The Kier molecular flexibility index (Phi) is 3.28. The summed E-state index contributed by atoms with van der Waals surface area (Å²) in [5.74, 6) is -0.0747. The van der Waals surface area contributed by atoms with E-state index in [9.17, 15) is 8.42 Å². The Morgan fingerprint density at radius 1 is 1.46 bits per heavy atom. The van der Waals surface area contributed by atoms with Crippen LogP contribution in [0.1, 0.15) is 19.3 Å². The lowest BCUT2D eigenvalue weighted by Crippen LogP contribution is -2.55. The Morgan fingerprint density at radius 2 is 2.08 bits per heavy atom. The zero-order valence-electron chi connectivity index (χ0n) is 7.49. The molecule has 0 aliphatic heterocycles. The van der Waals surface area contributed by atoms with Crippen LogP contribution in [0.5, 0.6) is 0 Å². The van der Waals surface area contributed by atoms with Gasteiger partial charge in [-0.3, -0.25) is 0 Å². The minimum absolute atomic E-state index is 0.0671. The summed E-state index contributed by atoms with van der Waals surface area (Å²) in [6.45, 7) is 0.386. The molecule has 78 valence electrons. The molecule has 0 aromatic carbocycles. The Labute approximate surface area is 78.4 Å². The Morgan fingerprint density at radius 3 is 2.38 bits per heavy atom. The molecular weight excluding hydrogens is 192 g/mol. The second kappa shape index (κ2) is 3.91. The summed E-state index contributed by atoms with van der Waals surface area (Å²) in [6.07, 6.45) is 2.91. The Hall–Kier alpha value is -0.170. The van der Waals surface area contributed by atoms with Gasteiger partial charge >= 0.3 is 0 Å². The molecule has 0 aromatic rings. The van der Waals surface area contributed by atoms with Crippen molar-refractivity contribution in [3.05, 3.63) is 0 Å². The van der Waals surface area contributed by atoms with Crippen molar-refractivity contribution in [3.8, 4) is 0 Å². The van der Waals surface area contributed by atoms with Crippen molar-refractivity contribution in [1.82, 2.24) is 5.32 Å². The molecule has 0 saturated heterocycles. The van der Waals surface area contributed by atoms with Crippen molar-refractivity contribution < 1.29 is 13.5 Å². The number of nitrogens with two attached hydrogens (primary N) is 1. The van der Waals surface area contributed by atoms with Crippen LogP contribution in [0.25, 0.3) is 0 Å². The van der Waals surface area contributed by atoms with Crippen LogP contribution in [0.4, 0.5) is 0 Å². The average Bonchev–Trinajstić information content (AvgIpc) is 1.92. The largest absolute Gasteiger partial charge is 0.394 e. The van der Waals surface area contributed by atoms with E-state index in [0.29, 0.717) is 6.54 Å². The molecule has 0 amide bonds. The topological polar surface area (TPSA) is 92.4 Å². The maximum atomic E-state index is 10.6. The van der Waals surface area contributed by atoms with Crippen LogP contribution in [0, 0.1) is 0 Å². The highest BCUT2D eigenvalue weighted by atomic mass is 32.2. The third-order valence-corrected chi connectivity index (χ3v) is 3.27. The lowest BCUT2D eigenvalue weighted by molar-refractivity contribution is 0.0910. The van der Waals surface area contributed by atoms with Crippen LogP contribution in [-0.4, -0.2) is 38.0 Å². The molecule has 1 saturated carbocycles. The van der Waals surface area contributed by atoms with Crippen LogP contribution >= 0.6 is 0 Å². The van der Waals surface area contributed by atoms with Crippen molar-refractivity contribution in [3.63, 3.8) is 0 Å². The first-order chi connectivity index (χ1) is 5.97. The van der Waals surface area contributed by atoms with E-state index >= 15 is 0 Å². The van der Waals surface area contributed by atoms with Gasteiger partial charge in [-0.2, -0.15) is 0 Å². The molecule has 0 radical (unpaired) electrons. The van der Waals surface area contributed by atoms with E-state index < -0.39 is 10.0 Å². The predicted octanol–water partition coefficient (Wildman–Crippen LogP) is -1.22. The highest BCUT2D eigenvalue weighted by molar-refractivity contribution is 7.89. The van der Waals surface area contributed by atoms with Gasteiger partial charge < -0.3 is 10.4 Å². The van der Waals surface area contributed by atoms with Crippen LogP contribution in [0.2, 0.25) is 0 Å². The standard InChI is InChI=1S/C7H16N2O3S/c8-13(11,12)5-4-9-7(6-10)2-1-3-7/h9-10H,1-6H2,(H2,8,11,12). The molecule has 1 fully saturated rings. The van der Waals surface area contributed by atoms with E-state index in [1.165, 1.54) is 0 Å². The fraction of sp³-hybridized carbons (Fsp3) is 1.00. The minimum Gasteiger partial charge on any atom is -0.394 e. The average molecular weight is 208 g/mol. The van der Waals surface area contributed by atoms with E-state index in [2.05, 4.69) is 5.32 Å². The minimum atomic E-state index is -3.38. The van der Waals surface area contributed by atoms with Crippen molar-refractivity contribution in [2.24, 2.45) is 5.14 Å². The highest BCUT2D eigenvalue weighted by Gasteiger charge is 2.35. The third kappa shape index (κ3) is 3.22. The summed E-state index contributed by atoms with van der Waals surface area (Å²) in [5, 5.41) is 16.9. The number of sulfonamides is 1. The fourth-order valence-corrected chi connectivity index (χ4v) is 1.84. The molecule has 0 unspecified atom stereocenters. The molecule has 13 heavy (non-hydrogen) atoms. The van der Waals surface area contributed by atoms with Crippen LogP contribution in [0.15, 0.2) is 0 Å². The Balaban J connectivity index is 2.26. The fourth-order valence-electron chi connectivity index (χ4n) is 1.45. The van der Waals surface area contributed by atoms with Gasteiger partial charge in [-0.15, -0.1) is 0 Å². The molecule has 1 aliphatic rings. The summed E-state index contributed by atoms with van der Waals surface area (Å²) >= 11 is 0. The van der Waals surface area contributed by atoms with Gasteiger partial charge in [0.05, 0.1) is 12.4 Å². The van der Waals surface area contributed by atoms with Crippen molar-refractivity contribution in [2.75, 3.05) is 18.9 Å². The first kappa shape index (κ1) is 10.9. The number of nitrogens with one attached hydrogen (secondary N) is 1. The summed E-state index contributed by atoms with van der Waals surface area (Å²) in [4.78, 5) is 0. The zero-order valence-corrected chi connectivity index (χ0v) is 8.31. The van der Waals surface area contributed by atoms with Gasteiger partial charge in [-0.25, -0.2) is 13.6 Å². The lowest BCUT2D eigenvalue weighted by atomic mass is 9.77. The zero-order chi connectivity index (χ0) is 9.95. The summed E-state index contributed by atoms with van der Waals surface area (Å²) in [6, 6.07) is 0. The van der Waals surface area contributed by atoms with Gasteiger partial charge in [0.25, 0.3) is 0 Å². The van der Waals surface area contributed by atoms with Crippen molar-refractivity contribution in [2.45, 2.75) is 24.8 Å². The number of aliphatic hydroxyl groups excluding tert-OH is 1. The molecule has 0 spiro atoms. The SMILES string of the molecule is NS(=O)(=O)CCNC1(CO)CCC1. The molecule has 0 atom stereocenters. The van der Waals surface area contributed by atoms with Crippen molar-refractivity contribution in [1.29, 1.82) is 0 Å². The van der Waals surface area contributed by atoms with Gasteiger partial charge in [0.15, 0.2) is 0 Å². The van der Waals surface area contributed by atoms with Crippen LogP contribution < -0.4 is 10.5 Å². The van der Waals surface area contributed by atoms with E-state index in [4.69, 9.17) is 10.2 Å². The summed E-state index contributed by atoms with van der Waals surface area (Å²) < 4.78 is 21.2. The smallest absolute Gasteiger partial charge is 0.210 e.